The quantitative estimate of drug-likeness (QED) is 0.764. The molecule has 1 amide bonds. The van der Waals surface area contributed by atoms with Gasteiger partial charge in [-0.15, -0.1) is 10.2 Å². The van der Waals surface area contributed by atoms with Crippen LogP contribution >= 0.6 is 0 Å². The zero-order valence-corrected chi connectivity index (χ0v) is 8.02. The van der Waals surface area contributed by atoms with Crippen molar-refractivity contribution in [3.63, 3.8) is 0 Å². The molecule has 1 aromatic heterocycles. The molecule has 0 aliphatic heterocycles. The molecule has 0 bridgehead atoms. The van der Waals surface area contributed by atoms with E-state index < -0.39 is 5.91 Å². The third kappa shape index (κ3) is 1.76. The Hall–Kier alpha value is -1.39. The van der Waals surface area contributed by atoms with Crippen molar-refractivity contribution in [3.8, 4) is 0 Å². The number of carbonyl (C=O) groups is 1. The van der Waals surface area contributed by atoms with Crippen molar-refractivity contribution in [3.05, 3.63) is 12.2 Å². The summed E-state index contributed by atoms with van der Waals surface area (Å²) in [4.78, 5) is 11.0. The first-order valence-electron chi connectivity index (χ1n) is 4.95. The normalized spacial score (nSPS) is 17.4. The Morgan fingerprint density at radius 3 is 2.93 bits per heavy atom. The number of carbonyl (C=O) groups excluding carboxylic acids is 1. The Balaban J connectivity index is 2.07. The second kappa shape index (κ2) is 3.77. The second-order valence-corrected chi connectivity index (χ2v) is 3.82. The van der Waals surface area contributed by atoms with E-state index in [1.165, 1.54) is 25.7 Å². The SMILES string of the molecule is NC(=O)c1nncn1CC1CCCC1. The molecule has 1 aliphatic rings. The van der Waals surface area contributed by atoms with Crippen molar-refractivity contribution in [2.45, 2.75) is 32.2 Å². The van der Waals surface area contributed by atoms with E-state index in [1.54, 1.807) is 10.9 Å². The summed E-state index contributed by atoms with van der Waals surface area (Å²) in [6, 6.07) is 0. The molecular weight excluding hydrogens is 180 g/mol. The predicted octanol–water partition coefficient (Wildman–Crippen LogP) is 0.567. The summed E-state index contributed by atoms with van der Waals surface area (Å²) in [5.74, 6) is 0.432. The molecule has 14 heavy (non-hydrogen) atoms. The van der Waals surface area contributed by atoms with Crippen LogP contribution in [0.15, 0.2) is 6.33 Å². The van der Waals surface area contributed by atoms with Gasteiger partial charge in [0, 0.05) is 6.54 Å². The van der Waals surface area contributed by atoms with Crippen molar-refractivity contribution >= 4 is 5.91 Å². The van der Waals surface area contributed by atoms with Crippen molar-refractivity contribution < 1.29 is 4.79 Å². The molecule has 5 nitrogen and oxygen atoms in total. The molecule has 0 saturated heterocycles. The molecule has 5 heteroatoms. The molecule has 76 valence electrons. The van der Waals surface area contributed by atoms with Gasteiger partial charge in [-0.05, 0) is 18.8 Å². The summed E-state index contributed by atoms with van der Waals surface area (Å²) in [5.41, 5.74) is 5.17. The van der Waals surface area contributed by atoms with E-state index in [0.29, 0.717) is 5.92 Å². The molecule has 1 heterocycles. The van der Waals surface area contributed by atoms with E-state index in [0.717, 1.165) is 6.54 Å². The van der Waals surface area contributed by atoms with Gasteiger partial charge in [0.1, 0.15) is 6.33 Å². The summed E-state index contributed by atoms with van der Waals surface area (Å²) in [6.45, 7) is 0.825. The highest BCUT2D eigenvalue weighted by molar-refractivity contribution is 5.88. The Labute approximate surface area is 82.3 Å². The monoisotopic (exact) mass is 194 g/mol. The van der Waals surface area contributed by atoms with Crippen molar-refractivity contribution in [2.75, 3.05) is 0 Å². The third-order valence-corrected chi connectivity index (χ3v) is 2.77. The average molecular weight is 194 g/mol. The summed E-state index contributed by atoms with van der Waals surface area (Å²) in [5, 5.41) is 7.39. The highest BCUT2D eigenvalue weighted by atomic mass is 16.1. The van der Waals surface area contributed by atoms with Gasteiger partial charge in [-0.3, -0.25) is 4.79 Å². The predicted molar refractivity (Wildman–Crippen MR) is 50.5 cm³/mol. The Bertz CT molecular complexity index is 327. The highest BCUT2D eigenvalue weighted by Crippen LogP contribution is 2.26. The molecular formula is C9H14N4O. The van der Waals surface area contributed by atoms with Gasteiger partial charge in [-0.1, -0.05) is 12.8 Å². The van der Waals surface area contributed by atoms with E-state index in [-0.39, 0.29) is 5.82 Å². The molecule has 1 aliphatic carbocycles. The Morgan fingerprint density at radius 1 is 1.57 bits per heavy atom. The van der Waals surface area contributed by atoms with Gasteiger partial charge in [0.15, 0.2) is 0 Å². The first-order valence-corrected chi connectivity index (χ1v) is 4.95. The zero-order chi connectivity index (χ0) is 9.97. The van der Waals surface area contributed by atoms with E-state index in [4.69, 9.17) is 5.73 Å². The van der Waals surface area contributed by atoms with Crippen LogP contribution in [0.4, 0.5) is 0 Å². The van der Waals surface area contributed by atoms with E-state index in [1.807, 2.05) is 0 Å². The molecule has 1 aromatic rings. The lowest BCUT2D eigenvalue weighted by molar-refractivity contribution is 0.0985. The summed E-state index contributed by atoms with van der Waals surface area (Å²) < 4.78 is 1.76. The topological polar surface area (TPSA) is 73.8 Å². The fourth-order valence-electron chi connectivity index (χ4n) is 2.05. The molecule has 0 unspecified atom stereocenters. The maximum absolute atomic E-state index is 11.0. The molecule has 0 atom stereocenters. The average Bonchev–Trinajstić information content (AvgIpc) is 2.75. The molecule has 0 spiro atoms. The summed E-state index contributed by atoms with van der Waals surface area (Å²) >= 11 is 0. The minimum atomic E-state index is -0.500. The maximum atomic E-state index is 11.0. The van der Waals surface area contributed by atoms with Gasteiger partial charge in [0.25, 0.3) is 5.91 Å². The third-order valence-electron chi connectivity index (χ3n) is 2.77. The maximum Gasteiger partial charge on any atom is 0.286 e. The number of nitrogens with zero attached hydrogens (tertiary/aromatic N) is 3. The lowest BCUT2D eigenvalue weighted by Gasteiger charge is -2.09. The van der Waals surface area contributed by atoms with Crippen molar-refractivity contribution in [1.82, 2.24) is 14.8 Å². The van der Waals surface area contributed by atoms with Crippen LogP contribution in [0, 0.1) is 5.92 Å². The van der Waals surface area contributed by atoms with E-state index >= 15 is 0 Å². The Morgan fingerprint density at radius 2 is 2.29 bits per heavy atom. The number of hydrogen-bond acceptors (Lipinski definition) is 3. The van der Waals surface area contributed by atoms with Gasteiger partial charge in [-0.2, -0.15) is 0 Å². The minimum absolute atomic E-state index is 0.275. The summed E-state index contributed by atoms with van der Waals surface area (Å²) in [7, 11) is 0. The van der Waals surface area contributed by atoms with Crippen LogP contribution in [0.5, 0.6) is 0 Å². The molecule has 2 N–H and O–H groups in total. The van der Waals surface area contributed by atoms with Crippen LogP contribution in [0.25, 0.3) is 0 Å². The first kappa shape index (κ1) is 9.18. The number of primary amides is 1. The van der Waals surface area contributed by atoms with E-state index in [9.17, 15) is 4.79 Å². The van der Waals surface area contributed by atoms with Crippen molar-refractivity contribution in [1.29, 1.82) is 0 Å². The van der Waals surface area contributed by atoms with Crippen LogP contribution < -0.4 is 5.73 Å². The molecule has 2 rings (SSSR count). The van der Waals surface area contributed by atoms with E-state index in [2.05, 4.69) is 10.2 Å². The minimum Gasteiger partial charge on any atom is -0.363 e. The largest absolute Gasteiger partial charge is 0.363 e. The highest BCUT2D eigenvalue weighted by Gasteiger charge is 2.18. The van der Waals surface area contributed by atoms with Gasteiger partial charge < -0.3 is 10.3 Å². The second-order valence-electron chi connectivity index (χ2n) is 3.82. The first-order chi connectivity index (χ1) is 6.77. The smallest absolute Gasteiger partial charge is 0.286 e. The number of rotatable bonds is 3. The van der Waals surface area contributed by atoms with Crippen molar-refractivity contribution in [2.24, 2.45) is 11.7 Å². The van der Waals surface area contributed by atoms with Crippen LogP contribution in [0.3, 0.4) is 0 Å². The van der Waals surface area contributed by atoms with Gasteiger partial charge in [0.2, 0.25) is 5.82 Å². The number of amides is 1. The molecule has 0 radical (unpaired) electrons. The number of hydrogen-bond donors (Lipinski definition) is 1. The van der Waals surface area contributed by atoms with Gasteiger partial charge >= 0.3 is 0 Å². The summed E-state index contributed by atoms with van der Waals surface area (Å²) in [6.07, 6.45) is 6.63. The fraction of sp³-hybridized carbons (Fsp3) is 0.667. The van der Waals surface area contributed by atoms with Gasteiger partial charge in [-0.25, -0.2) is 0 Å². The lowest BCUT2D eigenvalue weighted by Crippen LogP contribution is -2.20. The molecule has 1 saturated carbocycles. The van der Waals surface area contributed by atoms with Crippen LogP contribution in [-0.4, -0.2) is 20.7 Å². The van der Waals surface area contributed by atoms with Crippen LogP contribution in [0.2, 0.25) is 0 Å². The number of aromatic nitrogens is 3. The molecule has 0 aromatic carbocycles. The standard InChI is InChI=1S/C9H14N4O/c10-8(14)9-12-11-6-13(9)5-7-3-1-2-4-7/h6-7H,1-5H2,(H2,10,14). The van der Waals surface area contributed by atoms with Crippen LogP contribution in [-0.2, 0) is 6.54 Å². The van der Waals surface area contributed by atoms with Crippen LogP contribution in [0.1, 0.15) is 36.3 Å². The fourth-order valence-corrected chi connectivity index (χ4v) is 2.05. The zero-order valence-electron chi connectivity index (χ0n) is 8.02. The number of nitrogens with two attached hydrogens (primary N) is 1. The lowest BCUT2D eigenvalue weighted by atomic mass is 10.1. The van der Waals surface area contributed by atoms with Gasteiger partial charge in [0.05, 0.1) is 0 Å². The molecule has 1 fully saturated rings. The Kier molecular flexibility index (Phi) is 2.47.